The summed E-state index contributed by atoms with van der Waals surface area (Å²) in [5, 5.41) is 0. The van der Waals surface area contributed by atoms with Crippen molar-refractivity contribution in [3.63, 3.8) is 0 Å². The highest BCUT2D eigenvalue weighted by atomic mass is 19.4. The molecular weight excluding hydrogens is 308 g/mol. The van der Waals surface area contributed by atoms with E-state index in [9.17, 15) is 17.6 Å². The third kappa shape index (κ3) is 4.28. The van der Waals surface area contributed by atoms with Crippen molar-refractivity contribution in [2.24, 2.45) is 0 Å². The fourth-order valence-corrected chi connectivity index (χ4v) is 2.66. The van der Waals surface area contributed by atoms with Gasteiger partial charge >= 0.3 is 6.18 Å². The molecule has 1 aromatic heterocycles. The Morgan fingerprint density at radius 2 is 1.96 bits per heavy atom. The Bertz CT molecular complexity index is 641. The van der Waals surface area contributed by atoms with Crippen LogP contribution in [0.2, 0.25) is 0 Å². The van der Waals surface area contributed by atoms with Crippen LogP contribution in [0.3, 0.4) is 0 Å². The summed E-state index contributed by atoms with van der Waals surface area (Å²) in [7, 11) is 1.83. The lowest BCUT2D eigenvalue weighted by molar-refractivity contribution is -0.140. The standard InChI is InChI=1S/C17H18F4N2/c1-3-16(13-5-4-8-22-10-13)23(2)11-12-6-7-15(18)14(9-12)17(19,20)21/h4-10,16H,3,11H2,1-2H3. The van der Waals surface area contributed by atoms with Crippen LogP contribution in [0.4, 0.5) is 17.6 Å². The molecule has 0 saturated carbocycles. The first-order chi connectivity index (χ1) is 10.8. The smallest absolute Gasteiger partial charge is 0.295 e. The average Bonchev–Trinajstić information content (AvgIpc) is 2.50. The van der Waals surface area contributed by atoms with Gasteiger partial charge in [0.1, 0.15) is 5.82 Å². The van der Waals surface area contributed by atoms with E-state index in [1.54, 1.807) is 12.4 Å². The predicted molar refractivity (Wildman–Crippen MR) is 80.1 cm³/mol. The zero-order valence-electron chi connectivity index (χ0n) is 12.9. The molecule has 2 rings (SSSR count). The number of aromatic nitrogens is 1. The fraction of sp³-hybridized carbons (Fsp3) is 0.353. The van der Waals surface area contributed by atoms with Gasteiger partial charge in [0.2, 0.25) is 0 Å². The molecule has 0 fully saturated rings. The molecule has 0 radical (unpaired) electrons. The van der Waals surface area contributed by atoms with Crippen molar-refractivity contribution >= 4 is 0 Å². The number of hydrogen-bond acceptors (Lipinski definition) is 2. The molecule has 0 N–H and O–H groups in total. The van der Waals surface area contributed by atoms with Crippen molar-refractivity contribution in [3.8, 4) is 0 Å². The summed E-state index contributed by atoms with van der Waals surface area (Å²) in [5.41, 5.74) is 0.192. The van der Waals surface area contributed by atoms with Crippen LogP contribution >= 0.6 is 0 Å². The minimum atomic E-state index is -4.69. The molecule has 2 aromatic rings. The molecule has 124 valence electrons. The summed E-state index contributed by atoms with van der Waals surface area (Å²) >= 11 is 0. The number of hydrogen-bond donors (Lipinski definition) is 0. The molecule has 2 nitrogen and oxygen atoms in total. The van der Waals surface area contributed by atoms with Gasteiger partial charge in [0.25, 0.3) is 0 Å². The van der Waals surface area contributed by atoms with Gasteiger partial charge in [-0.25, -0.2) is 4.39 Å². The van der Waals surface area contributed by atoms with Crippen LogP contribution in [-0.4, -0.2) is 16.9 Å². The van der Waals surface area contributed by atoms with Crippen LogP contribution in [0, 0.1) is 5.82 Å². The molecule has 1 heterocycles. The topological polar surface area (TPSA) is 16.1 Å². The summed E-state index contributed by atoms with van der Waals surface area (Å²) < 4.78 is 51.7. The molecule has 0 saturated heterocycles. The van der Waals surface area contributed by atoms with Crippen molar-refractivity contribution < 1.29 is 17.6 Å². The second-order valence-electron chi connectivity index (χ2n) is 5.44. The monoisotopic (exact) mass is 326 g/mol. The van der Waals surface area contributed by atoms with Crippen molar-refractivity contribution in [3.05, 3.63) is 65.2 Å². The third-order valence-corrected chi connectivity index (χ3v) is 3.76. The fourth-order valence-electron chi connectivity index (χ4n) is 2.66. The maximum atomic E-state index is 13.4. The lowest BCUT2D eigenvalue weighted by Gasteiger charge is -2.27. The Hall–Kier alpha value is -1.95. The molecule has 6 heteroatoms. The van der Waals surface area contributed by atoms with E-state index in [1.807, 2.05) is 31.0 Å². The van der Waals surface area contributed by atoms with Crippen molar-refractivity contribution in [2.75, 3.05) is 7.05 Å². The summed E-state index contributed by atoms with van der Waals surface area (Å²) in [5.74, 6) is -1.25. The summed E-state index contributed by atoms with van der Waals surface area (Å²) in [4.78, 5) is 6.01. The molecule has 0 aliphatic heterocycles. The first-order valence-electron chi connectivity index (χ1n) is 7.28. The molecular formula is C17H18F4N2. The van der Waals surface area contributed by atoms with Crippen LogP contribution < -0.4 is 0 Å². The molecule has 23 heavy (non-hydrogen) atoms. The van der Waals surface area contributed by atoms with E-state index in [0.717, 1.165) is 24.1 Å². The second-order valence-corrected chi connectivity index (χ2v) is 5.44. The van der Waals surface area contributed by atoms with Crippen LogP contribution in [0.15, 0.2) is 42.7 Å². The lowest BCUT2D eigenvalue weighted by atomic mass is 10.0. The van der Waals surface area contributed by atoms with Gasteiger partial charge in [-0.1, -0.05) is 19.1 Å². The van der Waals surface area contributed by atoms with Crippen molar-refractivity contribution in [2.45, 2.75) is 32.1 Å². The molecule has 1 atom stereocenters. The number of alkyl halides is 3. The van der Waals surface area contributed by atoms with E-state index in [4.69, 9.17) is 0 Å². The molecule has 0 amide bonds. The Balaban J connectivity index is 2.21. The van der Waals surface area contributed by atoms with Gasteiger partial charge in [0.15, 0.2) is 0 Å². The average molecular weight is 326 g/mol. The van der Waals surface area contributed by atoms with E-state index in [2.05, 4.69) is 4.98 Å². The highest BCUT2D eigenvalue weighted by Gasteiger charge is 2.34. The maximum absolute atomic E-state index is 13.4. The highest BCUT2D eigenvalue weighted by Crippen LogP contribution is 2.32. The van der Waals surface area contributed by atoms with Crippen LogP contribution in [0.1, 0.15) is 36.1 Å². The second kappa shape index (κ2) is 7.08. The van der Waals surface area contributed by atoms with E-state index < -0.39 is 17.6 Å². The Kier molecular flexibility index (Phi) is 5.36. The van der Waals surface area contributed by atoms with Gasteiger partial charge in [0, 0.05) is 25.0 Å². The number of rotatable bonds is 5. The Labute approximate surface area is 132 Å². The van der Waals surface area contributed by atoms with E-state index in [-0.39, 0.29) is 12.6 Å². The Morgan fingerprint density at radius 3 is 2.52 bits per heavy atom. The highest BCUT2D eigenvalue weighted by molar-refractivity contribution is 5.27. The number of nitrogens with zero attached hydrogens (tertiary/aromatic N) is 2. The largest absolute Gasteiger partial charge is 0.419 e. The van der Waals surface area contributed by atoms with Gasteiger partial charge in [-0.15, -0.1) is 0 Å². The SMILES string of the molecule is CCC(c1cccnc1)N(C)Cc1ccc(F)c(C(F)(F)F)c1. The molecule has 0 aliphatic carbocycles. The zero-order chi connectivity index (χ0) is 17.0. The molecule has 0 bridgehead atoms. The van der Waals surface area contributed by atoms with E-state index in [1.165, 1.54) is 6.07 Å². The number of pyridine rings is 1. The molecule has 0 aliphatic rings. The normalized spacial score (nSPS) is 13.3. The quantitative estimate of drug-likeness (QED) is 0.732. The minimum Gasteiger partial charge on any atom is -0.295 e. The summed E-state index contributed by atoms with van der Waals surface area (Å²) in [6, 6.07) is 6.92. The molecule has 0 spiro atoms. The first-order valence-corrected chi connectivity index (χ1v) is 7.28. The van der Waals surface area contributed by atoms with Gasteiger partial charge in [-0.3, -0.25) is 9.88 Å². The minimum absolute atomic E-state index is 0.0306. The first kappa shape index (κ1) is 17.4. The predicted octanol–water partition coefficient (Wildman–Crippen LogP) is 4.82. The number of benzene rings is 1. The number of halogens is 4. The summed E-state index contributed by atoms with van der Waals surface area (Å²) in [6.07, 6.45) is -0.482. The van der Waals surface area contributed by atoms with Crippen molar-refractivity contribution in [1.82, 2.24) is 9.88 Å². The summed E-state index contributed by atoms with van der Waals surface area (Å²) in [6.45, 7) is 2.29. The van der Waals surface area contributed by atoms with Crippen molar-refractivity contribution in [1.29, 1.82) is 0 Å². The maximum Gasteiger partial charge on any atom is 0.419 e. The Morgan fingerprint density at radius 1 is 1.22 bits per heavy atom. The van der Waals surface area contributed by atoms with Crippen LogP contribution in [-0.2, 0) is 12.7 Å². The molecule has 1 aromatic carbocycles. The molecule has 1 unspecified atom stereocenters. The van der Waals surface area contributed by atoms with Gasteiger partial charge in [-0.2, -0.15) is 13.2 Å². The third-order valence-electron chi connectivity index (χ3n) is 3.76. The van der Waals surface area contributed by atoms with E-state index in [0.29, 0.717) is 5.56 Å². The zero-order valence-corrected chi connectivity index (χ0v) is 12.9. The van der Waals surface area contributed by atoms with Gasteiger partial charge in [0.05, 0.1) is 5.56 Å². The van der Waals surface area contributed by atoms with Gasteiger partial charge < -0.3 is 0 Å². The van der Waals surface area contributed by atoms with E-state index >= 15 is 0 Å². The van der Waals surface area contributed by atoms with Crippen LogP contribution in [0.5, 0.6) is 0 Å². The van der Waals surface area contributed by atoms with Gasteiger partial charge in [-0.05, 0) is 42.8 Å². The van der Waals surface area contributed by atoms with Crippen LogP contribution in [0.25, 0.3) is 0 Å². The lowest BCUT2D eigenvalue weighted by Crippen LogP contribution is -2.24.